The Morgan fingerprint density at radius 2 is 1.50 bits per heavy atom. The molecule has 3 nitrogen and oxygen atoms in total. The first-order valence-corrected chi connectivity index (χ1v) is 7.63. The summed E-state index contributed by atoms with van der Waals surface area (Å²) in [7, 11) is -3.94. The molecule has 10 heteroatoms. The van der Waals surface area contributed by atoms with Crippen molar-refractivity contribution in [1.29, 1.82) is 0 Å². The van der Waals surface area contributed by atoms with E-state index in [1.54, 1.807) is 0 Å². The SMILES string of the molecule is CCCCCO[Si](OC)(OC)C(F)(F)C(F)(F)C(F)F. The van der Waals surface area contributed by atoms with Gasteiger partial charge in [-0.05, 0) is 6.42 Å². The van der Waals surface area contributed by atoms with Gasteiger partial charge < -0.3 is 13.3 Å². The van der Waals surface area contributed by atoms with E-state index in [0.29, 0.717) is 27.1 Å². The van der Waals surface area contributed by atoms with Crippen LogP contribution in [-0.2, 0) is 13.3 Å². The van der Waals surface area contributed by atoms with Crippen molar-refractivity contribution < 1.29 is 39.6 Å². The summed E-state index contributed by atoms with van der Waals surface area (Å²) in [5.74, 6) is -5.60. The van der Waals surface area contributed by atoms with Crippen LogP contribution in [0.3, 0.4) is 0 Å². The molecule has 0 bridgehead atoms. The van der Waals surface area contributed by atoms with Gasteiger partial charge in [0.2, 0.25) is 0 Å². The summed E-state index contributed by atoms with van der Waals surface area (Å²) >= 11 is 0. The first-order valence-electron chi connectivity index (χ1n) is 5.91. The zero-order chi connectivity index (χ0) is 16.0. The van der Waals surface area contributed by atoms with Crippen LogP contribution in [0.25, 0.3) is 0 Å². The fourth-order valence-corrected chi connectivity index (χ4v) is 3.47. The highest BCUT2D eigenvalue weighted by molar-refractivity contribution is 6.63. The Balaban J connectivity index is 5.21. The van der Waals surface area contributed by atoms with E-state index in [4.69, 9.17) is 0 Å². The number of alkyl halides is 6. The minimum Gasteiger partial charge on any atom is -0.373 e. The number of unbranched alkanes of at least 4 members (excludes halogenated alkanes) is 2. The van der Waals surface area contributed by atoms with Gasteiger partial charge in [0.1, 0.15) is 0 Å². The molecule has 122 valence electrons. The van der Waals surface area contributed by atoms with Gasteiger partial charge in [0, 0.05) is 20.8 Å². The van der Waals surface area contributed by atoms with Crippen molar-refractivity contribution in [1.82, 2.24) is 0 Å². The molecule has 0 saturated carbocycles. The molecule has 0 aliphatic heterocycles. The van der Waals surface area contributed by atoms with Gasteiger partial charge in [-0.25, -0.2) is 8.78 Å². The number of halogens is 6. The smallest absolute Gasteiger partial charge is 0.373 e. The second-order valence-corrected chi connectivity index (χ2v) is 6.86. The van der Waals surface area contributed by atoms with E-state index in [2.05, 4.69) is 13.3 Å². The third-order valence-corrected chi connectivity index (χ3v) is 5.42. The minimum absolute atomic E-state index is 0.300. The molecule has 0 amide bonds. The van der Waals surface area contributed by atoms with Crippen LogP contribution in [0.4, 0.5) is 26.3 Å². The summed E-state index contributed by atoms with van der Waals surface area (Å²) in [5.41, 5.74) is -5.23. The maximum atomic E-state index is 13.7. The molecule has 0 atom stereocenters. The molecule has 0 aromatic heterocycles. The molecule has 0 aromatic rings. The first kappa shape index (κ1) is 19.7. The Morgan fingerprint density at radius 3 is 1.85 bits per heavy atom. The van der Waals surface area contributed by atoms with Crippen molar-refractivity contribution in [2.75, 3.05) is 20.8 Å². The van der Waals surface area contributed by atoms with Crippen LogP contribution in [-0.4, -0.2) is 47.5 Å². The zero-order valence-corrected chi connectivity index (χ0v) is 12.4. The molecule has 0 radical (unpaired) electrons. The van der Waals surface area contributed by atoms with E-state index in [1.807, 2.05) is 6.92 Å². The van der Waals surface area contributed by atoms with Crippen molar-refractivity contribution in [3.05, 3.63) is 0 Å². The van der Waals surface area contributed by atoms with Crippen LogP contribution in [0.15, 0.2) is 0 Å². The maximum Gasteiger partial charge on any atom is 0.581 e. The third kappa shape index (κ3) is 3.65. The summed E-state index contributed by atoms with van der Waals surface area (Å²) in [5, 5.41) is 0. The van der Waals surface area contributed by atoms with Gasteiger partial charge in [-0.2, -0.15) is 17.6 Å². The van der Waals surface area contributed by atoms with Crippen molar-refractivity contribution in [3.8, 4) is 0 Å². The average molecular weight is 328 g/mol. The standard InChI is InChI=1S/C10H18F6O3Si/c1-4-5-6-7-19-20(17-2,18-3)10(15,16)9(13,14)8(11)12/h8H,4-7H2,1-3H3. The Labute approximate surface area is 114 Å². The molecule has 0 rings (SSSR count). The van der Waals surface area contributed by atoms with Gasteiger partial charge in [-0.3, -0.25) is 0 Å². The minimum atomic E-state index is -5.60. The van der Waals surface area contributed by atoms with Crippen LogP contribution >= 0.6 is 0 Å². The second kappa shape index (κ2) is 7.62. The molecule has 0 aliphatic rings. The van der Waals surface area contributed by atoms with Gasteiger partial charge in [0.05, 0.1) is 0 Å². The summed E-state index contributed by atoms with van der Waals surface area (Å²) in [4.78, 5) is 0. The number of hydrogen-bond donors (Lipinski definition) is 0. The fourth-order valence-electron chi connectivity index (χ4n) is 1.45. The first-order chi connectivity index (χ1) is 9.13. The summed E-state index contributed by atoms with van der Waals surface area (Å²) in [6.45, 7) is 1.49. The van der Waals surface area contributed by atoms with E-state index in [1.165, 1.54) is 0 Å². The monoisotopic (exact) mass is 328 g/mol. The van der Waals surface area contributed by atoms with Crippen molar-refractivity contribution >= 4 is 8.80 Å². The van der Waals surface area contributed by atoms with Gasteiger partial charge in [-0.15, -0.1) is 0 Å². The molecule has 0 aliphatic carbocycles. The largest absolute Gasteiger partial charge is 0.581 e. The number of hydrogen-bond acceptors (Lipinski definition) is 3. The molecule has 0 heterocycles. The van der Waals surface area contributed by atoms with Crippen molar-refractivity contribution in [2.45, 2.75) is 44.1 Å². The Bertz CT molecular complexity index is 286. The van der Waals surface area contributed by atoms with Gasteiger partial charge in [-0.1, -0.05) is 19.8 Å². The normalized spacial score (nSPS) is 14.1. The molecular weight excluding hydrogens is 310 g/mol. The Morgan fingerprint density at radius 1 is 1.00 bits per heavy atom. The van der Waals surface area contributed by atoms with Crippen molar-refractivity contribution in [2.24, 2.45) is 0 Å². The third-order valence-electron chi connectivity index (χ3n) is 2.65. The highest BCUT2D eigenvalue weighted by Crippen LogP contribution is 2.45. The van der Waals surface area contributed by atoms with Gasteiger partial charge in [0.25, 0.3) is 0 Å². The highest BCUT2D eigenvalue weighted by atomic mass is 28.4. The van der Waals surface area contributed by atoms with Crippen LogP contribution < -0.4 is 0 Å². The lowest BCUT2D eigenvalue weighted by atomic mass is 10.3. The molecule has 0 saturated heterocycles. The molecule has 0 unspecified atom stereocenters. The highest BCUT2D eigenvalue weighted by Gasteiger charge is 2.79. The number of rotatable bonds is 10. The molecule has 0 fully saturated rings. The summed E-state index contributed by atoms with van der Waals surface area (Å²) in [6, 6.07) is 0. The van der Waals surface area contributed by atoms with E-state index in [9.17, 15) is 26.3 Å². The van der Waals surface area contributed by atoms with Crippen LogP contribution in [0, 0.1) is 0 Å². The molecule has 0 aromatic carbocycles. The van der Waals surface area contributed by atoms with Gasteiger partial charge >= 0.3 is 26.7 Å². The summed E-state index contributed by atoms with van der Waals surface area (Å²) < 4.78 is 91.2. The topological polar surface area (TPSA) is 27.7 Å². The van der Waals surface area contributed by atoms with Crippen LogP contribution in [0.2, 0.25) is 0 Å². The predicted octanol–water partition coefficient (Wildman–Crippen LogP) is 3.50. The Kier molecular flexibility index (Phi) is 7.50. The van der Waals surface area contributed by atoms with Crippen molar-refractivity contribution in [3.63, 3.8) is 0 Å². The van der Waals surface area contributed by atoms with Gasteiger partial charge in [0.15, 0.2) is 0 Å². The summed E-state index contributed by atoms with van der Waals surface area (Å²) in [6.07, 6.45) is -2.92. The quantitative estimate of drug-likeness (QED) is 0.349. The average Bonchev–Trinajstić information content (AvgIpc) is 2.38. The molecule has 0 spiro atoms. The van der Waals surface area contributed by atoms with E-state index < -0.39 is 26.7 Å². The predicted molar refractivity (Wildman–Crippen MR) is 61.1 cm³/mol. The van der Waals surface area contributed by atoms with E-state index in [0.717, 1.165) is 6.42 Å². The lowest BCUT2D eigenvalue weighted by Crippen LogP contribution is -2.69. The zero-order valence-electron chi connectivity index (χ0n) is 11.4. The lowest BCUT2D eigenvalue weighted by molar-refractivity contribution is -0.251. The molecule has 20 heavy (non-hydrogen) atoms. The van der Waals surface area contributed by atoms with E-state index >= 15 is 0 Å². The van der Waals surface area contributed by atoms with Crippen LogP contribution in [0.1, 0.15) is 26.2 Å². The maximum absolute atomic E-state index is 13.7. The fraction of sp³-hybridized carbons (Fsp3) is 1.00. The lowest BCUT2D eigenvalue weighted by Gasteiger charge is -2.36. The second-order valence-electron chi connectivity index (χ2n) is 4.02. The van der Waals surface area contributed by atoms with Crippen LogP contribution in [0.5, 0.6) is 0 Å². The molecule has 0 N–H and O–H groups in total. The van der Waals surface area contributed by atoms with E-state index in [-0.39, 0.29) is 6.61 Å². The Hall–Kier alpha value is -0.323. The molecular formula is C10H18F6O3Si.